The van der Waals surface area contributed by atoms with Crippen molar-refractivity contribution >= 4 is 9.84 Å². The van der Waals surface area contributed by atoms with Gasteiger partial charge in [-0.05, 0) is 48.0 Å². The molecular weight excluding hydrogens is 388 g/mol. The lowest BCUT2D eigenvalue weighted by Crippen LogP contribution is -2.30. The molecule has 1 saturated heterocycles. The molecule has 0 amide bonds. The molecule has 9 heteroatoms. The van der Waals surface area contributed by atoms with E-state index in [4.69, 9.17) is 0 Å². The molecule has 1 fully saturated rings. The first-order valence-electron chi connectivity index (χ1n) is 9.50. The summed E-state index contributed by atoms with van der Waals surface area (Å²) in [5.41, 5.74) is 3.30. The highest BCUT2D eigenvalue weighted by Crippen LogP contribution is 2.35. The van der Waals surface area contributed by atoms with Gasteiger partial charge in [-0.15, -0.1) is 10.2 Å². The van der Waals surface area contributed by atoms with E-state index in [0.29, 0.717) is 11.6 Å². The maximum atomic E-state index is 12.3. The molecule has 1 aromatic heterocycles. The zero-order valence-electron chi connectivity index (χ0n) is 16.5. The quantitative estimate of drug-likeness (QED) is 0.635. The first-order chi connectivity index (χ1) is 13.9. The first kappa shape index (κ1) is 19.7. The van der Waals surface area contributed by atoms with Crippen LogP contribution in [0.2, 0.25) is 0 Å². The molecule has 1 unspecified atom stereocenters. The van der Waals surface area contributed by atoms with Crippen LogP contribution in [0.15, 0.2) is 47.4 Å². The van der Waals surface area contributed by atoms with Gasteiger partial charge < -0.3 is 10.2 Å². The van der Waals surface area contributed by atoms with Crippen molar-refractivity contribution in [2.24, 2.45) is 0 Å². The van der Waals surface area contributed by atoms with Crippen LogP contribution in [-0.2, 0) is 16.4 Å². The smallest absolute Gasteiger partial charge is 0.206 e. The van der Waals surface area contributed by atoms with Crippen molar-refractivity contribution in [3.05, 3.63) is 48.0 Å². The van der Waals surface area contributed by atoms with Crippen molar-refractivity contribution in [3.8, 4) is 22.5 Å². The van der Waals surface area contributed by atoms with Crippen molar-refractivity contribution in [2.45, 2.75) is 23.9 Å². The number of likely N-dealkylation sites (N-methyl/N-ethyl adjacent to an activating group) is 1. The van der Waals surface area contributed by atoms with E-state index in [1.54, 1.807) is 12.1 Å². The van der Waals surface area contributed by atoms with Gasteiger partial charge in [-0.1, -0.05) is 36.4 Å². The Balaban J connectivity index is 1.63. The number of hydrogen-bond acceptors (Lipinski definition) is 7. The summed E-state index contributed by atoms with van der Waals surface area (Å²) < 4.78 is 24.6. The highest BCUT2D eigenvalue weighted by atomic mass is 32.2. The number of hydrogen-bond donors (Lipinski definition) is 2. The van der Waals surface area contributed by atoms with Gasteiger partial charge in [0.15, 0.2) is 9.84 Å². The van der Waals surface area contributed by atoms with Crippen LogP contribution in [0.5, 0.6) is 0 Å². The standard InChI is InChI=1S/C20H24N6O2S/c1-26-11-10-16(13-26)21-12-14-6-8-15(9-7-14)17-4-3-5-18(29(2,27)28)19(17)20-22-24-25-23-20/h3-9,16,21H,10-13H2,1-2H3,(H,22,23,24,25). The van der Waals surface area contributed by atoms with E-state index in [0.717, 1.165) is 30.8 Å². The topological polar surface area (TPSA) is 104 Å². The molecule has 1 atom stereocenters. The summed E-state index contributed by atoms with van der Waals surface area (Å²) in [5, 5.41) is 17.6. The summed E-state index contributed by atoms with van der Waals surface area (Å²) in [6.07, 6.45) is 2.35. The number of benzene rings is 2. The van der Waals surface area contributed by atoms with E-state index >= 15 is 0 Å². The largest absolute Gasteiger partial charge is 0.309 e. The SMILES string of the molecule is CN1CCC(NCc2ccc(-c3cccc(S(C)(=O)=O)c3-c3nn[nH]n3)cc2)C1. The number of aromatic amines is 1. The Hall–Kier alpha value is -2.62. The van der Waals surface area contributed by atoms with Crippen LogP contribution in [0.3, 0.4) is 0 Å². The van der Waals surface area contributed by atoms with Gasteiger partial charge >= 0.3 is 0 Å². The van der Waals surface area contributed by atoms with E-state index in [1.807, 2.05) is 18.2 Å². The molecule has 0 bridgehead atoms. The van der Waals surface area contributed by atoms with Gasteiger partial charge in [0.05, 0.1) is 4.90 Å². The van der Waals surface area contributed by atoms with Crippen molar-refractivity contribution in [1.29, 1.82) is 0 Å². The highest BCUT2D eigenvalue weighted by Gasteiger charge is 2.22. The second-order valence-electron chi connectivity index (χ2n) is 7.51. The zero-order chi connectivity index (χ0) is 20.4. The van der Waals surface area contributed by atoms with E-state index in [1.165, 1.54) is 18.2 Å². The molecule has 0 aliphatic carbocycles. The third-order valence-electron chi connectivity index (χ3n) is 5.25. The Labute approximate surface area is 170 Å². The Morgan fingerprint density at radius 2 is 2.00 bits per heavy atom. The normalized spacial score (nSPS) is 17.7. The second-order valence-corrected chi connectivity index (χ2v) is 9.50. The van der Waals surface area contributed by atoms with Crippen LogP contribution in [-0.4, -0.2) is 66.4 Å². The first-order valence-corrected chi connectivity index (χ1v) is 11.4. The predicted octanol–water partition coefficient (Wildman–Crippen LogP) is 1.73. The number of rotatable bonds is 6. The second kappa shape index (κ2) is 8.02. The number of nitrogens with one attached hydrogen (secondary N) is 2. The molecule has 8 nitrogen and oxygen atoms in total. The van der Waals surface area contributed by atoms with Crippen molar-refractivity contribution in [1.82, 2.24) is 30.8 Å². The summed E-state index contributed by atoms with van der Waals surface area (Å²) in [7, 11) is -1.32. The molecule has 2 N–H and O–H groups in total. The minimum absolute atomic E-state index is 0.187. The average Bonchev–Trinajstić information content (AvgIpc) is 3.37. The fourth-order valence-electron chi connectivity index (χ4n) is 3.75. The monoisotopic (exact) mass is 412 g/mol. The average molecular weight is 413 g/mol. The van der Waals surface area contributed by atoms with Crippen LogP contribution in [0.1, 0.15) is 12.0 Å². The van der Waals surface area contributed by atoms with E-state index in [2.05, 4.69) is 50.0 Å². The third kappa shape index (κ3) is 4.36. The molecular formula is C20H24N6O2S. The van der Waals surface area contributed by atoms with E-state index in [-0.39, 0.29) is 10.7 Å². The molecule has 1 aliphatic heterocycles. The fourth-order valence-corrected chi connectivity index (χ4v) is 4.64. The van der Waals surface area contributed by atoms with Crippen molar-refractivity contribution < 1.29 is 8.42 Å². The summed E-state index contributed by atoms with van der Waals surface area (Å²) in [5.74, 6) is 0.261. The van der Waals surface area contributed by atoms with Gasteiger partial charge in [0.1, 0.15) is 0 Å². The minimum atomic E-state index is -3.46. The van der Waals surface area contributed by atoms with Gasteiger partial charge in [-0.3, -0.25) is 0 Å². The Morgan fingerprint density at radius 3 is 2.62 bits per heavy atom. The van der Waals surface area contributed by atoms with Crippen LogP contribution in [0.25, 0.3) is 22.5 Å². The molecule has 0 spiro atoms. The zero-order valence-corrected chi connectivity index (χ0v) is 17.3. The minimum Gasteiger partial charge on any atom is -0.309 e. The van der Waals surface area contributed by atoms with Gasteiger partial charge in [0.2, 0.25) is 5.82 Å². The number of aromatic nitrogens is 4. The maximum absolute atomic E-state index is 12.3. The summed E-state index contributed by atoms with van der Waals surface area (Å²) >= 11 is 0. The lowest BCUT2D eigenvalue weighted by Gasteiger charge is -2.14. The number of tetrazole rings is 1. The summed E-state index contributed by atoms with van der Waals surface area (Å²) in [6.45, 7) is 3.01. The molecule has 1 aliphatic rings. The third-order valence-corrected chi connectivity index (χ3v) is 6.38. The van der Waals surface area contributed by atoms with E-state index < -0.39 is 9.84 Å². The molecule has 0 saturated carbocycles. The lowest BCUT2D eigenvalue weighted by molar-refractivity contribution is 0.397. The van der Waals surface area contributed by atoms with Gasteiger partial charge in [0.25, 0.3) is 0 Å². The number of H-pyrrole nitrogens is 1. The summed E-state index contributed by atoms with van der Waals surface area (Å²) in [4.78, 5) is 2.52. The Morgan fingerprint density at radius 1 is 1.21 bits per heavy atom. The predicted molar refractivity (Wildman–Crippen MR) is 111 cm³/mol. The number of sulfone groups is 1. The molecule has 3 aromatic rings. The number of likely N-dealkylation sites (tertiary alicyclic amines) is 1. The van der Waals surface area contributed by atoms with Crippen LogP contribution < -0.4 is 5.32 Å². The molecule has 152 valence electrons. The lowest BCUT2D eigenvalue weighted by atomic mass is 9.98. The Bertz CT molecular complexity index is 1080. The maximum Gasteiger partial charge on any atom is 0.206 e. The van der Waals surface area contributed by atoms with Crippen LogP contribution >= 0.6 is 0 Å². The van der Waals surface area contributed by atoms with Crippen molar-refractivity contribution in [2.75, 3.05) is 26.4 Å². The van der Waals surface area contributed by atoms with Crippen LogP contribution in [0, 0.1) is 0 Å². The Kier molecular flexibility index (Phi) is 5.44. The van der Waals surface area contributed by atoms with E-state index in [9.17, 15) is 8.42 Å². The molecule has 2 aromatic carbocycles. The molecule has 2 heterocycles. The van der Waals surface area contributed by atoms with Gasteiger partial charge in [0, 0.05) is 31.0 Å². The highest BCUT2D eigenvalue weighted by molar-refractivity contribution is 7.90. The molecule has 0 radical (unpaired) electrons. The summed E-state index contributed by atoms with van der Waals surface area (Å²) in [6, 6.07) is 13.8. The molecule has 29 heavy (non-hydrogen) atoms. The van der Waals surface area contributed by atoms with Gasteiger partial charge in [-0.2, -0.15) is 5.21 Å². The number of nitrogens with zero attached hydrogens (tertiary/aromatic N) is 4. The van der Waals surface area contributed by atoms with Crippen molar-refractivity contribution in [3.63, 3.8) is 0 Å². The molecule has 4 rings (SSSR count). The van der Waals surface area contributed by atoms with Gasteiger partial charge in [-0.25, -0.2) is 8.42 Å². The fraction of sp³-hybridized carbons (Fsp3) is 0.350. The van der Waals surface area contributed by atoms with Crippen LogP contribution in [0.4, 0.5) is 0 Å².